The highest BCUT2D eigenvalue weighted by Gasteiger charge is 2.51. The van der Waals surface area contributed by atoms with Crippen molar-refractivity contribution in [2.24, 2.45) is 11.8 Å². The van der Waals surface area contributed by atoms with Crippen molar-refractivity contribution in [1.29, 1.82) is 0 Å². The summed E-state index contributed by atoms with van der Waals surface area (Å²) < 4.78 is 17.1. The molecule has 3 aromatic heterocycles. The van der Waals surface area contributed by atoms with Crippen LogP contribution in [0, 0.1) is 18.8 Å². The number of nitrogens with zero attached hydrogens (tertiary/aromatic N) is 5. The molecule has 13 heteroatoms. The summed E-state index contributed by atoms with van der Waals surface area (Å²) >= 11 is 3.24. The first-order valence-electron chi connectivity index (χ1n) is 13.2. The second-order valence-electron chi connectivity index (χ2n) is 10.2. The van der Waals surface area contributed by atoms with Gasteiger partial charge in [-0.1, -0.05) is 12.1 Å². The summed E-state index contributed by atoms with van der Waals surface area (Å²) in [6, 6.07) is 9.04. The van der Waals surface area contributed by atoms with E-state index in [-0.39, 0.29) is 30.3 Å². The molecule has 42 heavy (non-hydrogen) atoms. The van der Waals surface area contributed by atoms with Crippen molar-refractivity contribution in [3.05, 3.63) is 64.9 Å². The molecule has 4 aromatic rings. The second kappa shape index (κ2) is 11.8. The number of alkyl halides is 1. The van der Waals surface area contributed by atoms with Gasteiger partial charge in [-0.2, -0.15) is 5.10 Å². The van der Waals surface area contributed by atoms with Crippen LogP contribution in [0.15, 0.2) is 53.4 Å². The van der Waals surface area contributed by atoms with E-state index in [4.69, 9.17) is 0 Å². The zero-order valence-electron chi connectivity index (χ0n) is 23.0. The van der Waals surface area contributed by atoms with Crippen LogP contribution in [0.25, 0.3) is 22.0 Å². The number of anilines is 1. The minimum atomic E-state index is -1.63. The van der Waals surface area contributed by atoms with E-state index in [0.717, 1.165) is 11.1 Å². The molecule has 0 aliphatic heterocycles. The van der Waals surface area contributed by atoms with E-state index >= 15 is 4.39 Å². The molecule has 1 fully saturated rings. The Balaban J connectivity index is 1.46. The van der Waals surface area contributed by atoms with E-state index in [9.17, 15) is 19.2 Å². The van der Waals surface area contributed by atoms with E-state index in [0.29, 0.717) is 21.3 Å². The number of fused-ring (bicyclic) bond motifs is 1. The van der Waals surface area contributed by atoms with Gasteiger partial charge < -0.3 is 10.6 Å². The van der Waals surface area contributed by atoms with Gasteiger partial charge in [0.25, 0.3) is 0 Å². The number of pyridine rings is 1. The number of carbonyl (C=O) groups is 4. The fourth-order valence-electron chi connectivity index (χ4n) is 5.34. The van der Waals surface area contributed by atoms with Crippen LogP contribution in [-0.4, -0.2) is 60.3 Å². The van der Waals surface area contributed by atoms with Crippen LogP contribution in [-0.2, 0) is 20.9 Å². The van der Waals surface area contributed by atoms with Gasteiger partial charge in [-0.3, -0.25) is 23.9 Å². The molecule has 4 atom stereocenters. The molecule has 3 heterocycles. The third kappa shape index (κ3) is 5.96. The number of Topliss-reactive ketones (excluding diaryl/α,β-unsaturated/α-hetero) is 2. The molecule has 5 rings (SSSR count). The lowest BCUT2D eigenvalue weighted by Gasteiger charge is -2.24. The zero-order chi connectivity index (χ0) is 30.1. The smallest absolute Gasteiger partial charge is 0.231 e. The Hall–Kier alpha value is -4.39. The van der Waals surface area contributed by atoms with Crippen molar-refractivity contribution in [2.75, 3.05) is 5.32 Å². The minimum Gasteiger partial charge on any atom is -0.350 e. The molecule has 0 spiro atoms. The monoisotopic (exact) mass is 635 g/mol. The Morgan fingerprint density at radius 1 is 1.07 bits per heavy atom. The molecule has 216 valence electrons. The number of carbonyl (C=O) groups excluding carboxylic acids is 4. The highest BCUT2D eigenvalue weighted by molar-refractivity contribution is 9.10. The highest BCUT2D eigenvalue weighted by Crippen LogP contribution is 2.37. The number of rotatable bonds is 8. The Morgan fingerprint density at radius 3 is 2.48 bits per heavy atom. The van der Waals surface area contributed by atoms with E-state index in [2.05, 4.69) is 46.6 Å². The molecule has 1 aliphatic carbocycles. The lowest BCUT2D eigenvalue weighted by Crippen LogP contribution is -2.47. The molecule has 1 unspecified atom stereocenters. The molecule has 1 saturated carbocycles. The summed E-state index contributed by atoms with van der Waals surface area (Å²) in [4.78, 5) is 64.1. The van der Waals surface area contributed by atoms with Crippen molar-refractivity contribution < 1.29 is 23.6 Å². The number of amides is 2. The summed E-state index contributed by atoms with van der Waals surface area (Å²) in [6.07, 6.45) is 1.47. The van der Waals surface area contributed by atoms with Crippen molar-refractivity contribution >= 4 is 56.0 Å². The van der Waals surface area contributed by atoms with Gasteiger partial charge in [0.15, 0.2) is 11.6 Å². The summed E-state index contributed by atoms with van der Waals surface area (Å²) in [5, 5.41) is 10.1. The third-order valence-electron chi connectivity index (χ3n) is 7.25. The Kier molecular flexibility index (Phi) is 8.21. The predicted octanol–water partition coefficient (Wildman–Crippen LogP) is 3.85. The Morgan fingerprint density at radius 2 is 1.81 bits per heavy atom. The quantitative estimate of drug-likeness (QED) is 0.219. The Bertz CT molecular complexity index is 1710. The molecule has 0 saturated heterocycles. The molecule has 1 aromatic carbocycles. The first-order chi connectivity index (χ1) is 20.0. The topological polar surface area (TPSA) is 149 Å². The fourth-order valence-corrected chi connectivity index (χ4v) is 5.68. The molecule has 1 aliphatic rings. The standard InChI is InChI=1S/C29H27BrFN7O4/c1-14(39)27-19-9-17(18-11-32-15(2)33-12-18)7-8-22(19)38(37-27)13-23(41)20-10-21(31)28(34-16(3)40)26(20)29(42)36-25-6-4-5-24(30)35-25/h4-9,11-12,20-21,26,28H,10,13H2,1-3H3,(H,34,40)(H,35,36,42)/t20?,21-,26-,28+/m0/s1. The van der Waals surface area contributed by atoms with Gasteiger partial charge >= 0.3 is 0 Å². The van der Waals surface area contributed by atoms with Crippen molar-refractivity contribution in [1.82, 2.24) is 30.0 Å². The molecule has 11 nitrogen and oxygen atoms in total. The number of aryl methyl sites for hydroxylation is 1. The van der Waals surface area contributed by atoms with Crippen LogP contribution < -0.4 is 10.6 Å². The molecule has 0 bridgehead atoms. The Labute approximate surface area is 248 Å². The lowest BCUT2D eigenvalue weighted by molar-refractivity contribution is -0.131. The maximum absolute atomic E-state index is 15.3. The molecule has 2 N–H and O–H groups in total. The lowest BCUT2D eigenvalue weighted by atomic mass is 9.88. The summed E-state index contributed by atoms with van der Waals surface area (Å²) in [6.45, 7) is 4.08. The van der Waals surface area contributed by atoms with Crippen molar-refractivity contribution in [2.45, 2.75) is 46.0 Å². The molecular weight excluding hydrogens is 609 g/mol. The van der Waals surface area contributed by atoms with Crippen molar-refractivity contribution in [3.8, 4) is 11.1 Å². The number of aromatic nitrogens is 5. The van der Waals surface area contributed by atoms with Gasteiger partial charge in [-0.15, -0.1) is 0 Å². The third-order valence-corrected chi connectivity index (χ3v) is 7.69. The first kappa shape index (κ1) is 29.1. The van der Waals surface area contributed by atoms with Crippen LogP contribution in [0.5, 0.6) is 0 Å². The van der Waals surface area contributed by atoms with Gasteiger partial charge in [0.05, 0.1) is 17.5 Å². The molecular formula is C29H27BrFN7O4. The van der Waals surface area contributed by atoms with Gasteiger partial charge in [0.1, 0.15) is 34.7 Å². The van der Waals surface area contributed by atoms with Crippen LogP contribution >= 0.6 is 15.9 Å². The average Bonchev–Trinajstić information content (AvgIpc) is 3.46. The molecule has 0 radical (unpaired) electrons. The number of halogens is 2. The van der Waals surface area contributed by atoms with E-state index in [1.54, 1.807) is 49.6 Å². The van der Waals surface area contributed by atoms with E-state index in [1.165, 1.54) is 18.5 Å². The number of benzene rings is 1. The number of hydrogen-bond acceptors (Lipinski definition) is 8. The number of ketones is 2. The number of hydrogen-bond donors (Lipinski definition) is 2. The van der Waals surface area contributed by atoms with Crippen LogP contribution in [0.1, 0.15) is 36.6 Å². The maximum atomic E-state index is 15.3. The van der Waals surface area contributed by atoms with Gasteiger partial charge in [0, 0.05) is 43.1 Å². The maximum Gasteiger partial charge on any atom is 0.231 e. The van der Waals surface area contributed by atoms with E-state index in [1.807, 2.05) is 6.07 Å². The van der Waals surface area contributed by atoms with Gasteiger partial charge in [-0.05, 0) is 59.1 Å². The van der Waals surface area contributed by atoms with Crippen LogP contribution in [0.4, 0.5) is 10.2 Å². The van der Waals surface area contributed by atoms with Crippen LogP contribution in [0.2, 0.25) is 0 Å². The SMILES string of the molecule is CC(=O)N[C@@H]1[C@@H](F)CC(C(=O)Cn2nc(C(C)=O)c3cc(-c4cnc(C)nc4)ccc32)[C@@H]1C(=O)Nc1cccc(Br)n1. The average molecular weight is 636 g/mol. The highest BCUT2D eigenvalue weighted by atomic mass is 79.9. The van der Waals surface area contributed by atoms with Crippen molar-refractivity contribution in [3.63, 3.8) is 0 Å². The summed E-state index contributed by atoms with van der Waals surface area (Å²) in [7, 11) is 0. The van der Waals surface area contributed by atoms with Gasteiger partial charge in [-0.25, -0.2) is 19.3 Å². The first-order valence-corrected chi connectivity index (χ1v) is 14.0. The zero-order valence-corrected chi connectivity index (χ0v) is 24.6. The largest absolute Gasteiger partial charge is 0.350 e. The fraction of sp³-hybridized carbons (Fsp3) is 0.310. The predicted molar refractivity (Wildman–Crippen MR) is 155 cm³/mol. The second-order valence-corrected chi connectivity index (χ2v) is 11.0. The number of nitrogens with one attached hydrogen (secondary N) is 2. The van der Waals surface area contributed by atoms with Gasteiger partial charge in [0.2, 0.25) is 11.8 Å². The summed E-state index contributed by atoms with van der Waals surface area (Å²) in [5.41, 5.74) is 2.22. The molecule has 2 amide bonds. The minimum absolute atomic E-state index is 0.175. The summed E-state index contributed by atoms with van der Waals surface area (Å²) in [5.74, 6) is -3.33. The van der Waals surface area contributed by atoms with E-state index < -0.39 is 41.6 Å². The van der Waals surface area contributed by atoms with Crippen LogP contribution in [0.3, 0.4) is 0 Å². The normalized spacial score (nSPS) is 19.9.